The maximum Gasteiger partial charge on any atom is 0.306 e. The Hall–Kier alpha value is -3.49. The first-order chi connectivity index (χ1) is 29.1. The molecule has 0 aliphatic rings. The molecule has 60 heavy (non-hydrogen) atoms. The number of allylic oxidation sites excluding steroid dienone is 14. The number of carboxylic acid groups (broad SMARTS) is 1. The maximum absolute atomic E-state index is 12.7. The molecule has 0 aromatic rings. The second-order valence-corrected chi connectivity index (χ2v) is 16.6. The Kier molecular flexibility index (Phi) is 39.8. The number of rotatable bonds is 41. The van der Waals surface area contributed by atoms with E-state index in [9.17, 15) is 19.5 Å². The normalized spacial score (nSPS) is 13.7. The van der Waals surface area contributed by atoms with Crippen molar-refractivity contribution in [3.8, 4) is 0 Å². The molecule has 0 aliphatic carbocycles. The van der Waals surface area contributed by atoms with Crippen LogP contribution in [0.2, 0.25) is 0 Å². The van der Waals surface area contributed by atoms with Gasteiger partial charge in [0, 0.05) is 19.3 Å². The van der Waals surface area contributed by atoms with Crippen LogP contribution in [0, 0.1) is 0 Å². The number of esters is 2. The Morgan fingerprint density at radius 1 is 0.533 bits per heavy atom. The fraction of sp³-hybridized carbons (Fsp3) is 0.673. The van der Waals surface area contributed by atoms with Gasteiger partial charge in [-0.1, -0.05) is 157 Å². The molecule has 0 fully saturated rings. The van der Waals surface area contributed by atoms with Crippen molar-refractivity contribution in [2.24, 2.45) is 0 Å². The molecule has 0 aliphatic heterocycles. The highest BCUT2D eigenvalue weighted by Gasteiger charge is 2.25. The minimum Gasteiger partial charge on any atom is -0.544 e. The van der Waals surface area contributed by atoms with Crippen LogP contribution in [-0.4, -0.2) is 75.5 Å². The summed E-state index contributed by atoms with van der Waals surface area (Å²) < 4.78 is 17.1. The van der Waals surface area contributed by atoms with Crippen molar-refractivity contribution in [3.63, 3.8) is 0 Å². The molecule has 0 saturated carbocycles. The van der Waals surface area contributed by atoms with E-state index in [0.717, 1.165) is 89.9 Å². The Balaban J connectivity index is 4.41. The minimum atomic E-state index is -1.14. The van der Waals surface area contributed by atoms with Gasteiger partial charge < -0.3 is 28.6 Å². The molecule has 0 heterocycles. The van der Waals surface area contributed by atoms with E-state index in [2.05, 4.69) is 98.9 Å². The number of nitrogens with zero attached hydrogens (tertiary/aromatic N) is 1. The van der Waals surface area contributed by atoms with Crippen LogP contribution >= 0.6 is 0 Å². The first-order valence-corrected chi connectivity index (χ1v) is 23.6. The zero-order valence-electron chi connectivity index (χ0n) is 38.8. The van der Waals surface area contributed by atoms with Gasteiger partial charge in [-0.3, -0.25) is 9.59 Å². The molecule has 2 unspecified atom stereocenters. The van der Waals surface area contributed by atoms with Crippen molar-refractivity contribution in [2.45, 2.75) is 187 Å². The lowest BCUT2D eigenvalue weighted by atomic mass is 10.1. The first kappa shape index (κ1) is 56.5. The standard InChI is InChI=1S/C52H87NO7/c1-6-8-10-12-14-16-18-20-22-24-25-26-27-29-30-32-34-36-38-40-42-50(54)59-47-48(46-58-45-44-49(52(56)57)53(3,4)5)60-51(55)43-41-39-37-35-33-31-28-23-21-19-17-15-13-11-9-7-2/h8,10,14,16,20,22-23,25-26,28-31,33,48-49H,6-7,9,11-13,15,17-19,21,24,27,32,34-47H2,1-5H3/b10-8+,16-14+,22-20+,26-25+,28-23+,30-29+,33-31+. The summed E-state index contributed by atoms with van der Waals surface area (Å²) in [7, 11) is 5.38. The molecular weight excluding hydrogens is 751 g/mol. The highest BCUT2D eigenvalue weighted by molar-refractivity contribution is 5.70. The van der Waals surface area contributed by atoms with Crippen LogP contribution < -0.4 is 5.11 Å². The number of carbonyl (C=O) groups is 3. The highest BCUT2D eigenvalue weighted by atomic mass is 16.6. The zero-order chi connectivity index (χ0) is 44.2. The summed E-state index contributed by atoms with van der Waals surface area (Å²) in [4.78, 5) is 36.9. The Labute approximate surface area is 367 Å². The number of carbonyl (C=O) groups excluding carboxylic acids is 3. The van der Waals surface area contributed by atoms with E-state index in [0.29, 0.717) is 12.8 Å². The van der Waals surface area contributed by atoms with Crippen molar-refractivity contribution in [2.75, 3.05) is 41.0 Å². The van der Waals surface area contributed by atoms with Crippen LogP contribution in [0.25, 0.3) is 0 Å². The molecule has 0 amide bonds. The molecule has 0 aromatic heterocycles. The minimum absolute atomic E-state index is 0.0169. The maximum atomic E-state index is 12.7. The summed E-state index contributed by atoms with van der Waals surface area (Å²) in [6, 6.07) is -0.739. The number of likely N-dealkylation sites (N-methyl/N-ethyl adjacent to an activating group) is 1. The molecule has 0 radical (unpaired) electrons. The number of unbranched alkanes of at least 4 members (excludes halogenated alkanes) is 14. The Morgan fingerprint density at radius 2 is 0.983 bits per heavy atom. The van der Waals surface area contributed by atoms with Crippen LogP contribution in [-0.2, 0) is 28.6 Å². The second kappa shape index (κ2) is 42.2. The van der Waals surface area contributed by atoms with Gasteiger partial charge in [0.05, 0.1) is 40.3 Å². The first-order valence-electron chi connectivity index (χ1n) is 23.6. The van der Waals surface area contributed by atoms with Crippen molar-refractivity contribution in [1.82, 2.24) is 0 Å². The molecule has 0 bridgehead atoms. The Morgan fingerprint density at radius 3 is 1.50 bits per heavy atom. The molecule has 2 atom stereocenters. The van der Waals surface area contributed by atoms with Gasteiger partial charge in [0.2, 0.25) is 0 Å². The number of aliphatic carboxylic acids is 1. The third-order valence-corrected chi connectivity index (χ3v) is 10.0. The lowest BCUT2D eigenvalue weighted by Crippen LogP contribution is -2.55. The van der Waals surface area contributed by atoms with Crippen molar-refractivity contribution in [3.05, 3.63) is 85.1 Å². The van der Waals surface area contributed by atoms with Gasteiger partial charge in [-0.2, -0.15) is 0 Å². The van der Waals surface area contributed by atoms with Gasteiger partial charge in [0.15, 0.2) is 6.10 Å². The molecule has 8 heteroatoms. The van der Waals surface area contributed by atoms with E-state index in [1.807, 2.05) is 0 Å². The van der Waals surface area contributed by atoms with Crippen LogP contribution in [0.1, 0.15) is 174 Å². The van der Waals surface area contributed by atoms with E-state index in [4.69, 9.17) is 14.2 Å². The van der Waals surface area contributed by atoms with E-state index in [-0.39, 0.29) is 49.1 Å². The van der Waals surface area contributed by atoms with Crippen LogP contribution in [0.4, 0.5) is 0 Å². The largest absolute Gasteiger partial charge is 0.544 e. The van der Waals surface area contributed by atoms with Gasteiger partial charge in [-0.25, -0.2) is 0 Å². The summed E-state index contributed by atoms with van der Waals surface area (Å²) in [6.07, 6.45) is 54.7. The van der Waals surface area contributed by atoms with E-state index in [1.54, 1.807) is 21.1 Å². The quantitative estimate of drug-likeness (QED) is 0.0199. The van der Waals surface area contributed by atoms with Crippen molar-refractivity contribution >= 4 is 17.9 Å². The van der Waals surface area contributed by atoms with Crippen molar-refractivity contribution < 1.29 is 38.2 Å². The average molecular weight is 838 g/mol. The van der Waals surface area contributed by atoms with Gasteiger partial charge >= 0.3 is 11.9 Å². The predicted molar refractivity (Wildman–Crippen MR) is 249 cm³/mol. The SMILES string of the molecule is CC/C=C/C/C=C/C/C=C/C/C=C/C/C=C/CCCCCCC(=O)OCC(COCCC(C(=O)[O-])[N+](C)(C)C)OC(=O)CCCCC/C=C/C=C/CCCCCCCCC. The monoisotopic (exact) mass is 838 g/mol. The number of hydrogen-bond donors (Lipinski definition) is 0. The molecule has 8 nitrogen and oxygen atoms in total. The number of hydrogen-bond acceptors (Lipinski definition) is 7. The third-order valence-electron chi connectivity index (χ3n) is 10.0. The molecule has 0 N–H and O–H groups in total. The molecule has 342 valence electrons. The van der Waals surface area contributed by atoms with Crippen LogP contribution in [0.3, 0.4) is 0 Å². The molecule has 0 spiro atoms. The summed E-state index contributed by atoms with van der Waals surface area (Å²) in [5.41, 5.74) is 0. The summed E-state index contributed by atoms with van der Waals surface area (Å²) >= 11 is 0. The average Bonchev–Trinajstić information content (AvgIpc) is 3.21. The number of ether oxygens (including phenoxy) is 3. The molecule has 0 rings (SSSR count). The summed E-state index contributed by atoms with van der Waals surface area (Å²) in [6.45, 7) is 4.48. The van der Waals surface area contributed by atoms with E-state index in [1.165, 1.54) is 44.9 Å². The van der Waals surface area contributed by atoms with Crippen LogP contribution in [0.15, 0.2) is 85.1 Å². The molecular formula is C52H87NO7. The van der Waals surface area contributed by atoms with Gasteiger partial charge in [0.25, 0.3) is 0 Å². The van der Waals surface area contributed by atoms with Gasteiger partial charge in [-0.15, -0.1) is 0 Å². The summed E-state index contributed by atoms with van der Waals surface area (Å²) in [5.74, 6) is -1.81. The van der Waals surface area contributed by atoms with E-state index < -0.39 is 18.1 Å². The lowest BCUT2D eigenvalue weighted by Gasteiger charge is -2.34. The molecule has 0 aromatic carbocycles. The van der Waals surface area contributed by atoms with Gasteiger partial charge in [-0.05, 0) is 83.5 Å². The summed E-state index contributed by atoms with van der Waals surface area (Å²) in [5, 5.41) is 11.6. The fourth-order valence-electron chi connectivity index (χ4n) is 6.38. The fourth-order valence-corrected chi connectivity index (χ4v) is 6.38. The lowest BCUT2D eigenvalue weighted by molar-refractivity contribution is -0.889. The smallest absolute Gasteiger partial charge is 0.306 e. The number of quaternary nitrogens is 1. The van der Waals surface area contributed by atoms with Crippen molar-refractivity contribution in [1.29, 1.82) is 0 Å². The second-order valence-electron chi connectivity index (χ2n) is 16.6. The van der Waals surface area contributed by atoms with Gasteiger partial charge in [0.1, 0.15) is 12.6 Å². The molecule has 0 saturated heterocycles. The highest BCUT2D eigenvalue weighted by Crippen LogP contribution is 2.12. The third kappa shape index (κ3) is 39.9. The van der Waals surface area contributed by atoms with E-state index >= 15 is 0 Å². The Bertz CT molecular complexity index is 1250. The predicted octanol–water partition coefficient (Wildman–Crippen LogP) is 12.0. The van der Waals surface area contributed by atoms with Crippen LogP contribution in [0.5, 0.6) is 0 Å². The number of carboxylic acids is 1. The zero-order valence-corrected chi connectivity index (χ0v) is 38.8. The topological polar surface area (TPSA) is 102 Å².